The van der Waals surface area contributed by atoms with Crippen LogP contribution in [0.15, 0.2) is 159 Å². The Kier molecular flexibility index (Phi) is 17.6. The van der Waals surface area contributed by atoms with Crippen LogP contribution in [0.25, 0.3) is 83.8 Å². The Labute approximate surface area is 544 Å². The number of aromatic nitrogens is 20. The third kappa shape index (κ3) is 13.0. The molecule has 0 radical (unpaired) electrons. The van der Waals surface area contributed by atoms with Crippen LogP contribution in [-0.2, 0) is 19.6 Å². The number of ether oxygens (including phenoxy) is 3. The molecule has 0 amide bonds. The van der Waals surface area contributed by atoms with Crippen LogP contribution in [-0.4, -0.2) is 121 Å². The summed E-state index contributed by atoms with van der Waals surface area (Å²) in [6, 6.07) is 33.7. The van der Waals surface area contributed by atoms with Gasteiger partial charge < -0.3 is 41.6 Å². The molecule has 94 heavy (non-hydrogen) atoms. The summed E-state index contributed by atoms with van der Waals surface area (Å²) in [6.45, 7) is 5.03. The van der Waals surface area contributed by atoms with Gasteiger partial charge in [-0.3, -0.25) is 20.1 Å². The van der Waals surface area contributed by atoms with E-state index in [0.717, 1.165) is 95.1 Å². The highest BCUT2D eigenvalue weighted by Gasteiger charge is 2.17. The normalized spacial score (nSPS) is 11.9. The van der Waals surface area contributed by atoms with Crippen molar-refractivity contribution in [1.29, 1.82) is 0 Å². The van der Waals surface area contributed by atoms with Crippen LogP contribution >= 0.6 is 23.2 Å². The molecule has 15 rings (SSSR count). The summed E-state index contributed by atoms with van der Waals surface area (Å²) >= 11 is 12.8. The quantitative estimate of drug-likeness (QED) is 0.0493. The van der Waals surface area contributed by atoms with Gasteiger partial charge in [0.05, 0.1) is 116 Å². The molecule has 30 heteroatoms. The van der Waals surface area contributed by atoms with E-state index in [1.807, 2.05) is 123 Å². The van der Waals surface area contributed by atoms with Crippen LogP contribution in [0.2, 0.25) is 10.0 Å². The van der Waals surface area contributed by atoms with Gasteiger partial charge in [0, 0.05) is 81.8 Å². The fourth-order valence-corrected chi connectivity index (χ4v) is 10.8. The SMILES string of the molecule is COc1cnc2c(NCc3nnc4ccc(-c5ccc([C@@H](C)N)c(Cl)c5)nn34)ccnc2c1.COc1cnc2c(NCc3nnc4ccc(-c5ccc([C@H](C)N)c(Cl)c5)nn34)ccnc2c1.COc1cnc2c(NCc3nnc4ccc(-c5cn[nH]c5)nn34)ccnc2c1. The number of aromatic amines is 1. The van der Waals surface area contributed by atoms with E-state index in [9.17, 15) is 0 Å². The minimum Gasteiger partial charge on any atom is -0.495 e. The average Bonchev–Trinajstić information content (AvgIpc) is 1.57. The number of halogens is 2. The highest BCUT2D eigenvalue weighted by Crippen LogP contribution is 2.31. The predicted octanol–water partition coefficient (Wildman–Crippen LogP) is 10.1. The zero-order valence-corrected chi connectivity index (χ0v) is 52.4. The molecule has 2 atom stereocenters. The summed E-state index contributed by atoms with van der Waals surface area (Å²) in [5, 5.41) is 57.6. The second-order valence-corrected chi connectivity index (χ2v) is 22.0. The lowest BCUT2D eigenvalue weighted by Crippen LogP contribution is -2.08. The second-order valence-electron chi connectivity index (χ2n) is 21.2. The molecule has 13 aromatic heterocycles. The summed E-state index contributed by atoms with van der Waals surface area (Å²) in [6.07, 6.45) is 13.7. The molecule has 2 aromatic carbocycles. The molecule has 13 heterocycles. The number of fused-ring (bicyclic) bond motifs is 6. The van der Waals surface area contributed by atoms with Crippen LogP contribution in [0.1, 0.15) is 54.5 Å². The number of pyridine rings is 6. The molecule has 0 saturated carbocycles. The molecule has 0 spiro atoms. The number of benzene rings is 2. The number of hydrogen-bond donors (Lipinski definition) is 6. The highest BCUT2D eigenvalue weighted by molar-refractivity contribution is 6.32. The maximum atomic E-state index is 6.42. The fourth-order valence-electron chi connectivity index (χ4n) is 10.1. The predicted molar refractivity (Wildman–Crippen MR) is 356 cm³/mol. The molecule has 28 nitrogen and oxygen atoms in total. The van der Waals surface area contributed by atoms with Gasteiger partial charge in [-0.1, -0.05) is 47.5 Å². The van der Waals surface area contributed by atoms with Gasteiger partial charge in [0.25, 0.3) is 0 Å². The van der Waals surface area contributed by atoms with E-state index in [0.29, 0.717) is 81.3 Å². The lowest BCUT2D eigenvalue weighted by atomic mass is 10.0. The number of nitrogens with zero attached hydrogens (tertiary/aromatic N) is 19. The minimum atomic E-state index is -0.141. The van der Waals surface area contributed by atoms with Gasteiger partial charge in [0.2, 0.25) is 0 Å². The smallest absolute Gasteiger partial charge is 0.178 e. The Morgan fingerprint density at radius 3 is 1.12 bits per heavy atom. The van der Waals surface area contributed by atoms with Crippen molar-refractivity contribution in [2.75, 3.05) is 37.3 Å². The van der Waals surface area contributed by atoms with Crippen LogP contribution < -0.4 is 41.6 Å². The lowest BCUT2D eigenvalue weighted by molar-refractivity contribution is 0.413. The van der Waals surface area contributed by atoms with Crippen molar-refractivity contribution in [3.63, 3.8) is 0 Å². The van der Waals surface area contributed by atoms with Crippen LogP contribution in [0, 0.1) is 0 Å². The third-order valence-electron chi connectivity index (χ3n) is 15.0. The van der Waals surface area contributed by atoms with E-state index in [1.165, 1.54) is 0 Å². The van der Waals surface area contributed by atoms with Crippen molar-refractivity contribution in [2.45, 2.75) is 45.6 Å². The maximum Gasteiger partial charge on any atom is 0.178 e. The monoisotopic (exact) mass is 1290 g/mol. The molecule has 8 N–H and O–H groups in total. The molecule has 0 bridgehead atoms. The number of H-pyrrole nitrogens is 1. The summed E-state index contributed by atoms with van der Waals surface area (Å²) in [4.78, 5) is 26.5. The Bertz CT molecular complexity index is 5000. The fraction of sp³-hybridized carbons (Fsp3) is 0.156. The minimum absolute atomic E-state index is 0.141. The van der Waals surface area contributed by atoms with Gasteiger partial charge >= 0.3 is 0 Å². The van der Waals surface area contributed by atoms with E-state index >= 15 is 0 Å². The van der Waals surface area contributed by atoms with Crippen LogP contribution in [0.3, 0.4) is 0 Å². The maximum absolute atomic E-state index is 6.42. The van der Waals surface area contributed by atoms with E-state index in [4.69, 9.17) is 59.1 Å². The van der Waals surface area contributed by atoms with Gasteiger partial charge in [-0.2, -0.15) is 33.9 Å². The average molecular weight is 1300 g/mol. The summed E-state index contributed by atoms with van der Waals surface area (Å²) < 4.78 is 20.8. The number of rotatable bonds is 17. The summed E-state index contributed by atoms with van der Waals surface area (Å²) in [5.74, 6) is 3.96. The van der Waals surface area contributed by atoms with Crippen molar-refractivity contribution in [2.24, 2.45) is 11.5 Å². The van der Waals surface area contributed by atoms with E-state index in [-0.39, 0.29) is 12.1 Å². The highest BCUT2D eigenvalue weighted by atomic mass is 35.5. The zero-order valence-electron chi connectivity index (χ0n) is 50.9. The molecule has 0 aliphatic carbocycles. The molecule has 0 aliphatic heterocycles. The summed E-state index contributed by atoms with van der Waals surface area (Å²) in [7, 11) is 4.81. The second kappa shape index (κ2) is 27.0. The van der Waals surface area contributed by atoms with Crippen molar-refractivity contribution in [3.8, 4) is 51.0 Å². The van der Waals surface area contributed by atoms with Crippen LogP contribution in [0.5, 0.6) is 17.2 Å². The van der Waals surface area contributed by atoms with Crippen molar-refractivity contribution >= 4 is 90.3 Å². The molecule has 0 unspecified atom stereocenters. The number of nitrogens with two attached hydrogens (primary N) is 2. The molecular formula is C64H57Cl2N25O3. The first-order chi connectivity index (χ1) is 45.9. The van der Waals surface area contributed by atoms with E-state index in [1.54, 1.807) is 84.5 Å². The molecule has 15 aromatic rings. The van der Waals surface area contributed by atoms with E-state index < -0.39 is 0 Å². The number of nitrogens with one attached hydrogen (secondary N) is 4. The Morgan fingerprint density at radius 2 is 0.798 bits per heavy atom. The lowest BCUT2D eigenvalue weighted by Gasteiger charge is -2.10. The Morgan fingerprint density at radius 1 is 0.436 bits per heavy atom. The largest absolute Gasteiger partial charge is 0.495 e. The number of methoxy groups -OCH3 is 3. The molecular weight excluding hydrogens is 1240 g/mol. The third-order valence-corrected chi connectivity index (χ3v) is 15.7. The van der Waals surface area contributed by atoms with Crippen molar-refractivity contribution in [1.82, 2.24) is 99.5 Å². The topological polar surface area (TPSA) is 351 Å². The first-order valence-electron chi connectivity index (χ1n) is 29.2. The van der Waals surface area contributed by atoms with Crippen molar-refractivity contribution < 1.29 is 14.2 Å². The van der Waals surface area contributed by atoms with Crippen molar-refractivity contribution in [3.05, 3.63) is 197 Å². The zero-order chi connectivity index (χ0) is 64.8. The number of anilines is 3. The van der Waals surface area contributed by atoms with Gasteiger partial charge in [-0.05, 0) is 91.7 Å². The molecule has 470 valence electrons. The van der Waals surface area contributed by atoms with Gasteiger partial charge in [0.1, 0.15) is 33.8 Å². The first kappa shape index (κ1) is 61.2. The van der Waals surface area contributed by atoms with Gasteiger partial charge in [-0.15, -0.1) is 30.6 Å². The number of hydrogen-bond acceptors (Lipinski definition) is 24. The van der Waals surface area contributed by atoms with E-state index in [2.05, 4.69) is 91.7 Å². The standard InChI is InChI=1S/2C23H21ClN8O.C18H15N9O/c2*1-13(25)16-4-3-14(9-17(16)24)18-5-6-21-29-30-22(32(21)31-18)12-27-19-7-8-26-20-10-15(33-2)11-28-23(19)20;1-28-12-6-15-18(21-9-12)14(4-5-19-15)20-10-17-25-24-16-3-2-13(26-27(16)17)11-7-22-23-8-11/h2*3-11,13H,12,25H2,1-2H3,(H,26,27);2-9H,10H2,1H3,(H,19,20)(H,22,23)/t2*13-;/m10./s1. The Balaban J connectivity index is 0.000000129. The van der Waals surface area contributed by atoms with Gasteiger partial charge in [-0.25, -0.2) is 15.0 Å². The molecule has 0 fully saturated rings. The van der Waals surface area contributed by atoms with Crippen LogP contribution in [0.4, 0.5) is 17.1 Å². The summed E-state index contributed by atoms with van der Waals surface area (Å²) in [5.41, 5.74) is 27.6. The Hall–Kier alpha value is -11.7. The molecule has 0 saturated heterocycles. The molecule has 0 aliphatic rings. The first-order valence-corrected chi connectivity index (χ1v) is 30.0. The van der Waals surface area contributed by atoms with Gasteiger partial charge in [0.15, 0.2) is 34.4 Å².